The Morgan fingerprint density at radius 3 is 2.63 bits per heavy atom. The van der Waals surface area contributed by atoms with Crippen LogP contribution in [0, 0.1) is 0 Å². The number of nitrogens with one attached hydrogen (secondary N) is 1. The molecule has 0 saturated carbocycles. The molecule has 1 aliphatic heterocycles. The fraction of sp³-hybridized carbons (Fsp3) is 0.533. The third-order valence-corrected chi connectivity index (χ3v) is 3.47. The highest BCUT2D eigenvalue weighted by molar-refractivity contribution is 5.76. The van der Waals surface area contributed by atoms with Crippen LogP contribution >= 0.6 is 0 Å². The summed E-state index contributed by atoms with van der Waals surface area (Å²) >= 11 is 0. The van der Waals surface area contributed by atoms with Gasteiger partial charge >= 0.3 is 0 Å². The minimum atomic E-state index is 0.279. The van der Waals surface area contributed by atoms with E-state index in [1.807, 2.05) is 11.0 Å². The molecule has 0 radical (unpaired) electrons. The SMILES string of the molecule is CN(CCC(=O)N1CCNCC1)Cc1ccccc1. The van der Waals surface area contributed by atoms with Gasteiger partial charge in [0.25, 0.3) is 0 Å². The van der Waals surface area contributed by atoms with E-state index in [2.05, 4.69) is 41.5 Å². The van der Waals surface area contributed by atoms with Gasteiger partial charge in [-0.05, 0) is 12.6 Å². The summed E-state index contributed by atoms with van der Waals surface area (Å²) in [6.07, 6.45) is 0.614. The van der Waals surface area contributed by atoms with Crippen molar-refractivity contribution in [2.75, 3.05) is 39.8 Å². The first-order valence-electron chi connectivity index (χ1n) is 6.96. The topological polar surface area (TPSA) is 35.6 Å². The third kappa shape index (κ3) is 4.65. The van der Waals surface area contributed by atoms with E-state index in [1.54, 1.807) is 0 Å². The lowest BCUT2D eigenvalue weighted by atomic mass is 10.2. The molecule has 1 aromatic rings. The molecular formula is C15H23N3O. The Hall–Kier alpha value is -1.39. The molecule has 0 atom stereocenters. The first kappa shape index (κ1) is 14.0. The lowest BCUT2D eigenvalue weighted by Gasteiger charge is -2.28. The highest BCUT2D eigenvalue weighted by Crippen LogP contribution is 2.04. The van der Waals surface area contributed by atoms with Gasteiger partial charge in [-0.1, -0.05) is 30.3 Å². The van der Waals surface area contributed by atoms with Crippen molar-refractivity contribution in [3.05, 3.63) is 35.9 Å². The normalized spacial score (nSPS) is 15.8. The molecular weight excluding hydrogens is 238 g/mol. The number of hydrogen-bond acceptors (Lipinski definition) is 3. The fourth-order valence-corrected chi connectivity index (χ4v) is 2.33. The van der Waals surface area contributed by atoms with Gasteiger partial charge in [-0.2, -0.15) is 0 Å². The molecule has 0 spiro atoms. The summed E-state index contributed by atoms with van der Waals surface area (Å²) in [5, 5.41) is 3.26. The molecule has 19 heavy (non-hydrogen) atoms. The van der Waals surface area contributed by atoms with Crippen LogP contribution in [0.1, 0.15) is 12.0 Å². The Morgan fingerprint density at radius 2 is 1.95 bits per heavy atom. The molecule has 1 amide bonds. The van der Waals surface area contributed by atoms with Gasteiger partial charge in [0.05, 0.1) is 0 Å². The second-order valence-electron chi connectivity index (χ2n) is 5.10. The van der Waals surface area contributed by atoms with Crippen LogP contribution in [0.2, 0.25) is 0 Å². The molecule has 1 aromatic carbocycles. The molecule has 4 heteroatoms. The zero-order valence-corrected chi connectivity index (χ0v) is 11.6. The number of carbonyl (C=O) groups is 1. The van der Waals surface area contributed by atoms with Gasteiger partial charge in [-0.3, -0.25) is 4.79 Å². The summed E-state index contributed by atoms with van der Waals surface area (Å²) in [5.41, 5.74) is 1.29. The summed E-state index contributed by atoms with van der Waals surface area (Å²) in [7, 11) is 2.07. The van der Waals surface area contributed by atoms with Gasteiger partial charge in [0, 0.05) is 45.7 Å². The van der Waals surface area contributed by atoms with Crippen molar-refractivity contribution in [1.29, 1.82) is 0 Å². The van der Waals surface area contributed by atoms with E-state index in [4.69, 9.17) is 0 Å². The first-order chi connectivity index (χ1) is 9.25. The van der Waals surface area contributed by atoms with Crippen molar-refractivity contribution in [1.82, 2.24) is 15.1 Å². The molecule has 0 unspecified atom stereocenters. The smallest absolute Gasteiger partial charge is 0.223 e. The van der Waals surface area contributed by atoms with Crippen LogP contribution in [0.15, 0.2) is 30.3 Å². The zero-order chi connectivity index (χ0) is 13.5. The summed E-state index contributed by atoms with van der Waals surface area (Å²) in [6, 6.07) is 10.4. The van der Waals surface area contributed by atoms with Crippen LogP contribution in [0.3, 0.4) is 0 Å². The van der Waals surface area contributed by atoms with E-state index in [0.29, 0.717) is 6.42 Å². The molecule has 4 nitrogen and oxygen atoms in total. The van der Waals surface area contributed by atoms with Gasteiger partial charge < -0.3 is 15.1 Å². The highest BCUT2D eigenvalue weighted by atomic mass is 16.2. The molecule has 1 heterocycles. The molecule has 0 bridgehead atoms. The summed E-state index contributed by atoms with van der Waals surface area (Å²) in [4.78, 5) is 16.2. The minimum Gasteiger partial charge on any atom is -0.340 e. The van der Waals surface area contributed by atoms with Crippen LogP contribution in [0.5, 0.6) is 0 Å². The summed E-state index contributed by atoms with van der Waals surface area (Å²) in [6.45, 7) is 5.26. The first-order valence-corrected chi connectivity index (χ1v) is 6.96. The fourth-order valence-electron chi connectivity index (χ4n) is 2.33. The van der Waals surface area contributed by atoms with Crippen LogP contribution in [0.4, 0.5) is 0 Å². The summed E-state index contributed by atoms with van der Waals surface area (Å²) in [5.74, 6) is 0.279. The standard InChI is InChI=1S/C15H23N3O/c1-17(13-14-5-3-2-4-6-14)10-7-15(19)18-11-8-16-9-12-18/h2-6,16H,7-13H2,1H3. The van der Waals surface area contributed by atoms with Gasteiger partial charge in [0.1, 0.15) is 0 Å². The monoisotopic (exact) mass is 261 g/mol. The van der Waals surface area contributed by atoms with Crippen molar-refractivity contribution < 1.29 is 4.79 Å². The average Bonchev–Trinajstić information content (AvgIpc) is 2.47. The van der Waals surface area contributed by atoms with Gasteiger partial charge in [0.15, 0.2) is 0 Å². The van der Waals surface area contributed by atoms with Crippen molar-refractivity contribution >= 4 is 5.91 Å². The van der Waals surface area contributed by atoms with E-state index in [-0.39, 0.29) is 5.91 Å². The van der Waals surface area contributed by atoms with Gasteiger partial charge in [-0.15, -0.1) is 0 Å². The van der Waals surface area contributed by atoms with Crippen molar-refractivity contribution in [3.8, 4) is 0 Å². The molecule has 104 valence electrons. The maximum atomic E-state index is 12.0. The Bertz CT molecular complexity index is 388. The van der Waals surface area contributed by atoms with E-state index in [0.717, 1.165) is 39.3 Å². The highest BCUT2D eigenvalue weighted by Gasteiger charge is 2.16. The quantitative estimate of drug-likeness (QED) is 0.857. The van der Waals surface area contributed by atoms with Crippen LogP contribution in [-0.4, -0.2) is 55.5 Å². The van der Waals surface area contributed by atoms with E-state index >= 15 is 0 Å². The lowest BCUT2D eigenvalue weighted by Crippen LogP contribution is -2.47. The molecule has 1 saturated heterocycles. The Morgan fingerprint density at radius 1 is 1.26 bits per heavy atom. The minimum absolute atomic E-state index is 0.279. The second kappa shape index (κ2) is 7.26. The number of nitrogens with zero attached hydrogens (tertiary/aromatic N) is 2. The predicted molar refractivity (Wildman–Crippen MR) is 76.8 cm³/mol. The van der Waals surface area contributed by atoms with Crippen LogP contribution in [-0.2, 0) is 11.3 Å². The Balaban J connectivity index is 1.71. The van der Waals surface area contributed by atoms with E-state index in [1.165, 1.54) is 5.56 Å². The number of benzene rings is 1. The molecule has 2 rings (SSSR count). The third-order valence-electron chi connectivity index (χ3n) is 3.47. The number of carbonyl (C=O) groups excluding carboxylic acids is 1. The maximum absolute atomic E-state index is 12.0. The molecule has 0 aliphatic carbocycles. The Kier molecular flexibility index (Phi) is 5.36. The number of amides is 1. The number of rotatable bonds is 5. The van der Waals surface area contributed by atoms with Crippen LogP contribution in [0.25, 0.3) is 0 Å². The van der Waals surface area contributed by atoms with Gasteiger partial charge in [-0.25, -0.2) is 0 Å². The van der Waals surface area contributed by atoms with Gasteiger partial charge in [0.2, 0.25) is 5.91 Å². The van der Waals surface area contributed by atoms with E-state index < -0.39 is 0 Å². The van der Waals surface area contributed by atoms with Crippen molar-refractivity contribution in [3.63, 3.8) is 0 Å². The second-order valence-corrected chi connectivity index (χ2v) is 5.10. The molecule has 1 N–H and O–H groups in total. The van der Waals surface area contributed by atoms with Crippen molar-refractivity contribution in [2.24, 2.45) is 0 Å². The van der Waals surface area contributed by atoms with Crippen molar-refractivity contribution in [2.45, 2.75) is 13.0 Å². The molecule has 0 aromatic heterocycles. The zero-order valence-electron chi connectivity index (χ0n) is 11.6. The molecule has 1 aliphatic rings. The van der Waals surface area contributed by atoms with Crippen LogP contribution < -0.4 is 5.32 Å². The largest absolute Gasteiger partial charge is 0.340 e. The number of piperazine rings is 1. The number of hydrogen-bond donors (Lipinski definition) is 1. The average molecular weight is 261 g/mol. The lowest BCUT2D eigenvalue weighted by molar-refractivity contribution is -0.132. The molecule has 1 fully saturated rings. The maximum Gasteiger partial charge on any atom is 0.223 e. The predicted octanol–water partition coefficient (Wildman–Crippen LogP) is 0.940. The summed E-state index contributed by atoms with van der Waals surface area (Å²) < 4.78 is 0. The Labute approximate surface area is 115 Å². The van der Waals surface area contributed by atoms with E-state index in [9.17, 15) is 4.79 Å².